The van der Waals surface area contributed by atoms with Gasteiger partial charge in [0.25, 0.3) is 5.56 Å². The van der Waals surface area contributed by atoms with Gasteiger partial charge in [-0.15, -0.1) is 0 Å². The normalized spacial score (nSPS) is 10.8. The number of hydrogen-bond donors (Lipinski definition) is 1. The first-order valence-electron chi connectivity index (χ1n) is 7.20. The van der Waals surface area contributed by atoms with Gasteiger partial charge in [-0.25, -0.2) is 4.98 Å². The summed E-state index contributed by atoms with van der Waals surface area (Å²) in [5.41, 5.74) is 1.81. The number of aromatic amines is 1. The van der Waals surface area contributed by atoms with Gasteiger partial charge in [0, 0.05) is 18.0 Å². The summed E-state index contributed by atoms with van der Waals surface area (Å²) in [7, 11) is 0. The van der Waals surface area contributed by atoms with Gasteiger partial charge in [0.15, 0.2) is 0 Å². The Labute approximate surface area is 131 Å². The van der Waals surface area contributed by atoms with E-state index >= 15 is 0 Å². The molecule has 0 atom stereocenters. The van der Waals surface area contributed by atoms with Crippen molar-refractivity contribution in [1.29, 1.82) is 0 Å². The zero-order chi connectivity index (χ0) is 15.6. The second-order valence-electron chi connectivity index (χ2n) is 5.04. The predicted octanol–water partition coefficient (Wildman–Crippen LogP) is 3.48. The number of ether oxygens (including phenoxy) is 1. The van der Waals surface area contributed by atoms with Gasteiger partial charge in [0.2, 0.25) is 5.65 Å². The van der Waals surface area contributed by atoms with Crippen LogP contribution in [0.2, 0.25) is 0 Å². The topological polar surface area (TPSA) is 59.4 Å². The Morgan fingerprint density at radius 1 is 1.00 bits per heavy atom. The van der Waals surface area contributed by atoms with Crippen LogP contribution in [0.3, 0.4) is 0 Å². The van der Waals surface area contributed by atoms with E-state index in [1.807, 2.05) is 54.6 Å². The maximum Gasteiger partial charge on any atom is 0.291 e. The van der Waals surface area contributed by atoms with E-state index in [-0.39, 0.29) is 5.56 Å². The lowest BCUT2D eigenvalue weighted by molar-refractivity contribution is 0.484. The minimum Gasteiger partial charge on any atom is -0.457 e. The molecule has 0 aliphatic rings. The van der Waals surface area contributed by atoms with Gasteiger partial charge in [-0.05, 0) is 24.3 Å². The van der Waals surface area contributed by atoms with E-state index in [1.165, 1.54) is 0 Å². The molecule has 4 aromatic rings. The van der Waals surface area contributed by atoms with E-state index < -0.39 is 0 Å². The van der Waals surface area contributed by atoms with Gasteiger partial charge in [-0.3, -0.25) is 9.20 Å². The Morgan fingerprint density at radius 3 is 2.65 bits per heavy atom. The van der Waals surface area contributed by atoms with E-state index in [0.29, 0.717) is 11.4 Å². The molecule has 0 saturated heterocycles. The predicted molar refractivity (Wildman–Crippen MR) is 87.8 cm³/mol. The van der Waals surface area contributed by atoms with E-state index in [1.54, 1.807) is 23.0 Å². The fourth-order valence-corrected chi connectivity index (χ4v) is 2.51. The monoisotopic (exact) mass is 303 g/mol. The molecule has 5 heteroatoms. The van der Waals surface area contributed by atoms with Crippen molar-refractivity contribution in [3.05, 3.63) is 83.5 Å². The molecule has 2 aromatic heterocycles. The molecule has 0 amide bonds. The van der Waals surface area contributed by atoms with Gasteiger partial charge in [-0.2, -0.15) is 0 Å². The Bertz CT molecular complexity index is 1020. The maximum atomic E-state index is 11.8. The number of hydrogen-bond acceptors (Lipinski definition) is 3. The second-order valence-corrected chi connectivity index (χ2v) is 5.04. The molecular weight excluding hydrogens is 290 g/mol. The third-order valence-corrected chi connectivity index (χ3v) is 3.57. The summed E-state index contributed by atoms with van der Waals surface area (Å²) in [6, 6.07) is 17.3. The Balaban J connectivity index is 1.86. The third-order valence-electron chi connectivity index (χ3n) is 3.57. The lowest BCUT2D eigenvalue weighted by Crippen LogP contribution is -2.08. The first kappa shape index (κ1) is 13.3. The van der Waals surface area contributed by atoms with Crippen LogP contribution < -0.4 is 10.3 Å². The second kappa shape index (κ2) is 5.46. The standard InChI is InChI=1S/C18H13N3O2/c22-18-17-20-12-15(21(17)11-10-19-18)14-8-4-5-9-16(14)23-13-6-2-1-3-7-13/h1-12H,(H,19,22). The van der Waals surface area contributed by atoms with Crippen LogP contribution in [-0.2, 0) is 0 Å². The molecule has 0 spiro atoms. The highest BCUT2D eigenvalue weighted by molar-refractivity contribution is 5.70. The fourth-order valence-electron chi connectivity index (χ4n) is 2.51. The van der Waals surface area contributed by atoms with Crippen molar-refractivity contribution in [2.75, 3.05) is 0 Å². The van der Waals surface area contributed by atoms with Gasteiger partial charge >= 0.3 is 0 Å². The van der Waals surface area contributed by atoms with E-state index in [0.717, 1.165) is 17.0 Å². The summed E-state index contributed by atoms with van der Waals surface area (Å²) < 4.78 is 7.74. The summed E-state index contributed by atoms with van der Waals surface area (Å²) in [5.74, 6) is 1.47. The fraction of sp³-hybridized carbons (Fsp3) is 0. The lowest BCUT2D eigenvalue weighted by atomic mass is 10.1. The Morgan fingerprint density at radius 2 is 1.78 bits per heavy atom. The van der Waals surface area contributed by atoms with E-state index in [2.05, 4.69) is 9.97 Å². The first-order chi connectivity index (χ1) is 11.3. The average Bonchev–Trinajstić information content (AvgIpc) is 3.02. The molecule has 2 heterocycles. The van der Waals surface area contributed by atoms with Gasteiger partial charge in [0.05, 0.1) is 11.9 Å². The molecule has 4 rings (SSSR count). The zero-order valence-electron chi connectivity index (χ0n) is 12.1. The summed E-state index contributed by atoms with van der Waals surface area (Å²) >= 11 is 0. The van der Waals surface area contributed by atoms with Crippen LogP contribution in [0.25, 0.3) is 16.9 Å². The third kappa shape index (κ3) is 2.38. The number of aromatic nitrogens is 3. The van der Waals surface area contributed by atoms with Crippen LogP contribution in [0.1, 0.15) is 0 Å². The van der Waals surface area contributed by atoms with Crippen molar-refractivity contribution in [1.82, 2.24) is 14.4 Å². The van der Waals surface area contributed by atoms with Crippen LogP contribution in [-0.4, -0.2) is 14.4 Å². The highest BCUT2D eigenvalue weighted by Crippen LogP contribution is 2.33. The average molecular weight is 303 g/mol. The number of benzene rings is 2. The van der Waals surface area contributed by atoms with Crippen molar-refractivity contribution >= 4 is 5.65 Å². The molecule has 0 aliphatic carbocycles. The number of para-hydroxylation sites is 2. The Kier molecular flexibility index (Phi) is 3.16. The SMILES string of the molecule is O=c1[nH]ccn2c(-c3ccccc3Oc3ccccc3)cnc12. The molecular formula is C18H13N3O2. The van der Waals surface area contributed by atoms with Gasteiger partial charge < -0.3 is 9.72 Å². The summed E-state index contributed by atoms with van der Waals surface area (Å²) in [6.07, 6.45) is 5.05. The molecule has 0 aliphatic heterocycles. The number of nitrogens with zero attached hydrogens (tertiary/aromatic N) is 2. The highest BCUT2D eigenvalue weighted by atomic mass is 16.5. The van der Waals surface area contributed by atoms with Crippen molar-refractivity contribution in [2.24, 2.45) is 0 Å². The number of fused-ring (bicyclic) bond motifs is 1. The first-order valence-corrected chi connectivity index (χ1v) is 7.20. The number of nitrogens with one attached hydrogen (secondary N) is 1. The Hall–Kier alpha value is -3.34. The largest absolute Gasteiger partial charge is 0.457 e. The van der Waals surface area contributed by atoms with Crippen LogP contribution >= 0.6 is 0 Å². The molecule has 0 bridgehead atoms. The minimum absolute atomic E-state index is 0.222. The van der Waals surface area contributed by atoms with Gasteiger partial charge in [0.1, 0.15) is 11.5 Å². The zero-order valence-corrected chi connectivity index (χ0v) is 12.1. The molecule has 23 heavy (non-hydrogen) atoms. The van der Waals surface area contributed by atoms with Crippen LogP contribution in [0.15, 0.2) is 78.0 Å². The molecule has 112 valence electrons. The van der Waals surface area contributed by atoms with Crippen molar-refractivity contribution in [3.63, 3.8) is 0 Å². The summed E-state index contributed by atoms with van der Waals surface area (Å²) in [5, 5.41) is 0. The lowest BCUT2D eigenvalue weighted by Gasteiger charge is -2.10. The van der Waals surface area contributed by atoms with E-state index in [9.17, 15) is 4.79 Å². The molecule has 5 nitrogen and oxygen atoms in total. The molecule has 0 radical (unpaired) electrons. The van der Waals surface area contributed by atoms with Crippen molar-refractivity contribution < 1.29 is 4.74 Å². The molecule has 0 unspecified atom stereocenters. The molecule has 1 N–H and O–H groups in total. The highest BCUT2D eigenvalue weighted by Gasteiger charge is 2.12. The maximum absolute atomic E-state index is 11.8. The van der Waals surface area contributed by atoms with Crippen molar-refractivity contribution in [3.8, 4) is 22.8 Å². The summed E-state index contributed by atoms with van der Waals surface area (Å²) in [6.45, 7) is 0. The molecule has 0 saturated carbocycles. The summed E-state index contributed by atoms with van der Waals surface area (Å²) in [4.78, 5) is 18.7. The number of H-pyrrole nitrogens is 1. The van der Waals surface area contributed by atoms with Crippen LogP contribution in [0, 0.1) is 0 Å². The van der Waals surface area contributed by atoms with Gasteiger partial charge in [-0.1, -0.05) is 30.3 Å². The van der Waals surface area contributed by atoms with E-state index in [4.69, 9.17) is 4.74 Å². The number of rotatable bonds is 3. The van der Waals surface area contributed by atoms with Crippen molar-refractivity contribution in [2.45, 2.75) is 0 Å². The molecule has 2 aromatic carbocycles. The van der Waals surface area contributed by atoms with Crippen LogP contribution in [0.4, 0.5) is 0 Å². The molecule has 0 fully saturated rings. The number of imidazole rings is 1. The van der Waals surface area contributed by atoms with Crippen LogP contribution in [0.5, 0.6) is 11.5 Å². The smallest absolute Gasteiger partial charge is 0.291 e. The quantitative estimate of drug-likeness (QED) is 0.630. The minimum atomic E-state index is -0.222.